The third-order valence-corrected chi connectivity index (χ3v) is 8.03. The molecule has 0 atom stereocenters. The third-order valence-electron chi connectivity index (χ3n) is 6.69. The molecule has 1 aromatic carbocycles. The van der Waals surface area contributed by atoms with Crippen LogP contribution in [0.2, 0.25) is 0 Å². The van der Waals surface area contributed by atoms with Gasteiger partial charge in [0.1, 0.15) is 0 Å². The lowest BCUT2D eigenvalue weighted by Crippen LogP contribution is -2.45. The Morgan fingerprint density at radius 1 is 1.11 bits per heavy atom. The molecule has 3 aromatic rings. The fourth-order valence-corrected chi connectivity index (χ4v) is 5.44. The molecule has 4 N–H and O–H groups in total. The number of urea groups is 1. The summed E-state index contributed by atoms with van der Waals surface area (Å²) in [4.78, 5) is 28.8. The highest BCUT2D eigenvalue weighted by Crippen LogP contribution is 2.26. The molecule has 0 unspecified atom stereocenters. The summed E-state index contributed by atoms with van der Waals surface area (Å²) >= 11 is 0. The summed E-state index contributed by atoms with van der Waals surface area (Å²) in [5.41, 5.74) is 1.31. The topological polar surface area (TPSA) is 142 Å². The summed E-state index contributed by atoms with van der Waals surface area (Å²) in [7, 11) is -4.00. The first-order valence-electron chi connectivity index (χ1n) is 12.1. The smallest absolute Gasteiger partial charge is 0.328 e. The van der Waals surface area contributed by atoms with E-state index in [0.29, 0.717) is 23.2 Å². The summed E-state index contributed by atoms with van der Waals surface area (Å²) in [5, 5.41) is 16.2. The molecule has 1 aliphatic rings. The van der Waals surface area contributed by atoms with E-state index in [-0.39, 0.29) is 23.4 Å². The first kappa shape index (κ1) is 25.5. The van der Waals surface area contributed by atoms with Gasteiger partial charge in [0.2, 0.25) is 5.88 Å². The van der Waals surface area contributed by atoms with Gasteiger partial charge in [-0.05, 0) is 67.9 Å². The predicted molar refractivity (Wildman–Crippen MR) is 135 cm³/mol. The van der Waals surface area contributed by atoms with Crippen molar-refractivity contribution in [2.24, 2.45) is 5.92 Å². The van der Waals surface area contributed by atoms with E-state index < -0.39 is 22.1 Å². The highest BCUT2D eigenvalue weighted by molar-refractivity contribution is 7.90. The first-order valence-corrected chi connectivity index (χ1v) is 13.6. The van der Waals surface area contributed by atoms with Crippen LogP contribution in [0.25, 0.3) is 10.9 Å². The lowest BCUT2D eigenvalue weighted by atomic mass is 9.85. The summed E-state index contributed by atoms with van der Waals surface area (Å²) in [6, 6.07) is 8.25. The fraction of sp³-hybridized carbons (Fsp3) is 0.400. The number of aromatic nitrogens is 2. The number of pyridine rings is 1. The standard InChI is InChI=1S/C25H31N5O5S/c1-2-17-5-9-19(10-6-17)28-24(32)29-36(34,35)20-11-7-18(8-12-20)13-15-27-25(33)30-16-22-21(23(30)31)4-3-14-26-22/h3-4,7-8,11-12,14,16-17,19,31H,2,5-6,9-10,13,15H2,1H3,(H,27,33)(H2,28,29,32). The molecule has 2 heterocycles. The number of nitrogens with zero attached hydrogens (tertiary/aromatic N) is 2. The zero-order chi connectivity index (χ0) is 25.7. The summed E-state index contributed by atoms with van der Waals surface area (Å²) in [6.07, 6.45) is 8.39. The van der Waals surface area contributed by atoms with Crippen LogP contribution in [-0.2, 0) is 16.4 Å². The van der Waals surface area contributed by atoms with Crippen molar-refractivity contribution < 1.29 is 23.1 Å². The number of carbonyl (C=O) groups excluding carboxylic acids is 2. The quantitative estimate of drug-likeness (QED) is 0.381. The predicted octanol–water partition coefficient (Wildman–Crippen LogP) is 3.50. The van der Waals surface area contributed by atoms with E-state index >= 15 is 0 Å². The summed E-state index contributed by atoms with van der Waals surface area (Å²) < 4.78 is 28.4. The van der Waals surface area contributed by atoms with E-state index in [4.69, 9.17) is 0 Å². The van der Waals surface area contributed by atoms with Crippen LogP contribution < -0.4 is 15.4 Å². The van der Waals surface area contributed by atoms with Crippen LogP contribution in [0.15, 0.2) is 53.7 Å². The van der Waals surface area contributed by atoms with Gasteiger partial charge in [0, 0.05) is 25.0 Å². The van der Waals surface area contributed by atoms with E-state index in [1.165, 1.54) is 18.3 Å². The first-order chi connectivity index (χ1) is 17.3. The van der Waals surface area contributed by atoms with Crippen molar-refractivity contribution in [3.05, 3.63) is 54.4 Å². The minimum Gasteiger partial charge on any atom is -0.494 e. The molecule has 1 fully saturated rings. The van der Waals surface area contributed by atoms with Gasteiger partial charge in [0.25, 0.3) is 10.0 Å². The Bertz CT molecular complexity index is 1330. The second-order valence-electron chi connectivity index (χ2n) is 9.09. The summed E-state index contributed by atoms with van der Waals surface area (Å²) in [5.74, 6) is 0.496. The molecule has 0 saturated heterocycles. The Kier molecular flexibility index (Phi) is 7.78. The van der Waals surface area contributed by atoms with Crippen LogP contribution in [0, 0.1) is 5.92 Å². The van der Waals surface area contributed by atoms with E-state index in [1.54, 1.807) is 30.5 Å². The molecular formula is C25H31N5O5S. The molecule has 10 nitrogen and oxygen atoms in total. The van der Waals surface area contributed by atoms with Gasteiger partial charge in [-0.25, -0.2) is 27.3 Å². The lowest BCUT2D eigenvalue weighted by molar-refractivity contribution is 0.231. The molecule has 2 aromatic heterocycles. The van der Waals surface area contributed by atoms with Crippen molar-refractivity contribution in [1.82, 2.24) is 24.9 Å². The molecule has 0 radical (unpaired) electrons. The minimum absolute atomic E-state index is 0.0105. The second kappa shape index (κ2) is 11.0. The zero-order valence-corrected chi connectivity index (χ0v) is 20.9. The number of carbonyl (C=O) groups is 2. The Hall–Kier alpha value is -3.60. The Balaban J connectivity index is 1.27. The molecular weight excluding hydrogens is 482 g/mol. The molecule has 4 rings (SSSR count). The number of amides is 3. The maximum absolute atomic E-state index is 12.6. The van der Waals surface area contributed by atoms with Crippen molar-refractivity contribution >= 4 is 33.0 Å². The average molecular weight is 514 g/mol. The number of hydrogen-bond donors (Lipinski definition) is 4. The largest absolute Gasteiger partial charge is 0.494 e. The van der Waals surface area contributed by atoms with E-state index in [2.05, 4.69) is 27.3 Å². The number of hydrogen-bond acceptors (Lipinski definition) is 6. The average Bonchev–Trinajstić information content (AvgIpc) is 3.21. The lowest BCUT2D eigenvalue weighted by Gasteiger charge is -2.28. The fourth-order valence-electron chi connectivity index (χ4n) is 4.52. The molecule has 0 spiro atoms. The van der Waals surface area contributed by atoms with Crippen molar-refractivity contribution in [2.45, 2.75) is 56.4 Å². The highest BCUT2D eigenvalue weighted by atomic mass is 32.2. The van der Waals surface area contributed by atoms with Gasteiger partial charge >= 0.3 is 12.1 Å². The van der Waals surface area contributed by atoms with Gasteiger partial charge in [-0.3, -0.25) is 4.98 Å². The highest BCUT2D eigenvalue weighted by Gasteiger charge is 2.24. The van der Waals surface area contributed by atoms with Gasteiger partial charge in [0.15, 0.2) is 0 Å². The van der Waals surface area contributed by atoms with Crippen molar-refractivity contribution in [1.29, 1.82) is 0 Å². The molecule has 1 aliphatic carbocycles. The number of fused-ring (bicyclic) bond motifs is 1. The Morgan fingerprint density at radius 3 is 2.50 bits per heavy atom. The molecule has 1 saturated carbocycles. The molecule has 36 heavy (non-hydrogen) atoms. The maximum Gasteiger partial charge on any atom is 0.328 e. The van der Waals surface area contributed by atoms with E-state index in [9.17, 15) is 23.1 Å². The molecule has 0 aliphatic heterocycles. The van der Waals surface area contributed by atoms with E-state index in [1.807, 2.05) is 0 Å². The monoisotopic (exact) mass is 513 g/mol. The van der Waals surface area contributed by atoms with Crippen molar-refractivity contribution in [3.8, 4) is 5.88 Å². The third kappa shape index (κ3) is 5.96. The Labute approximate surface area is 210 Å². The number of rotatable bonds is 7. The van der Waals surface area contributed by atoms with Crippen LogP contribution in [0.1, 0.15) is 44.6 Å². The Morgan fingerprint density at radius 2 is 1.83 bits per heavy atom. The van der Waals surface area contributed by atoms with Gasteiger partial charge in [0.05, 0.1) is 15.8 Å². The van der Waals surface area contributed by atoms with Gasteiger partial charge in [-0.1, -0.05) is 25.5 Å². The van der Waals surface area contributed by atoms with Crippen LogP contribution in [0.3, 0.4) is 0 Å². The number of aromatic hydroxyl groups is 1. The number of nitrogens with one attached hydrogen (secondary N) is 3. The zero-order valence-electron chi connectivity index (χ0n) is 20.1. The van der Waals surface area contributed by atoms with Crippen molar-refractivity contribution in [3.63, 3.8) is 0 Å². The molecule has 3 amide bonds. The van der Waals surface area contributed by atoms with Crippen LogP contribution in [0.4, 0.5) is 9.59 Å². The summed E-state index contributed by atoms with van der Waals surface area (Å²) in [6.45, 7) is 2.43. The van der Waals surface area contributed by atoms with Gasteiger partial charge in [-0.15, -0.1) is 0 Å². The minimum atomic E-state index is -4.00. The maximum atomic E-state index is 12.6. The van der Waals surface area contributed by atoms with Crippen molar-refractivity contribution in [2.75, 3.05) is 6.54 Å². The second-order valence-corrected chi connectivity index (χ2v) is 10.8. The number of sulfonamides is 1. The number of benzene rings is 1. The van der Waals surface area contributed by atoms with Crippen LogP contribution in [0.5, 0.6) is 5.88 Å². The molecule has 192 valence electrons. The molecule has 0 bridgehead atoms. The SMILES string of the molecule is CCC1CCC(NC(=O)NS(=O)(=O)c2ccc(CCNC(=O)n3cc4ncccc4c3O)cc2)CC1. The van der Waals surface area contributed by atoms with Gasteiger partial charge in [-0.2, -0.15) is 0 Å². The normalized spacial score (nSPS) is 18.0. The van der Waals surface area contributed by atoms with Crippen LogP contribution >= 0.6 is 0 Å². The van der Waals surface area contributed by atoms with E-state index in [0.717, 1.165) is 42.2 Å². The molecule has 11 heteroatoms. The van der Waals surface area contributed by atoms with Gasteiger partial charge < -0.3 is 15.7 Å². The van der Waals surface area contributed by atoms with Crippen LogP contribution in [-0.4, -0.2) is 47.7 Å².